The topological polar surface area (TPSA) is 89.9 Å². The predicted molar refractivity (Wildman–Crippen MR) is 179 cm³/mol. The van der Waals surface area contributed by atoms with Gasteiger partial charge >= 0.3 is 5.97 Å². The molecule has 3 aliphatic rings. The van der Waals surface area contributed by atoms with Crippen LogP contribution in [0, 0.1) is 34.0 Å². The van der Waals surface area contributed by atoms with E-state index in [2.05, 4.69) is 58.9 Å². The van der Waals surface area contributed by atoms with Gasteiger partial charge in [0, 0.05) is 23.7 Å². The molecule has 8 atom stereocenters. The number of ketones is 1. The van der Waals surface area contributed by atoms with Gasteiger partial charge in [0.25, 0.3) is 8.32 Å². The van der Waals surface area contributed by atoms with Crippen molar-refractivity contribution < 1.29 is 28.7 Å². The van der Waals surface area contributed by atoms with E-state index in [4.69, 9.17) is 9.16 Å². The molecule has 0 amide bonds. The van der Waals surface area contributed by atoms with Gasteiger partial charge in [0.15, 0.2) is 0 Å². The fourth-order valence-electron chi connectivity index (χ4n) is 9.68. The van der Waals surface area contributed by atoms with Crippen LogP contribution in [0.15, 0.2) is 60.7 Å². The van der Waals surface area contributed by atoms with E-state index in [0.29, 0.717) is 25.7 Å². The fraction of sp³-hybridized carbons (Fsp3) is 0.605. The molecule has 45 heavy (non-hydrogen) atoms. The molecule has 0 aromatic heterocycles. The number of rotatable bonds is 8. The molecule has 244 valence electrons. The Bertz CT molecular complexity index is 1350. The Hall–Kier alpha value is -2.61. The Morgan fingerprint density at radius 3 is 2.11 bits per heavy atom. The number of aldehydes is 1. The van der Waals surface area contributed by atoms with Crippen molar-refractivity contribution in [3.8, 4) is 0 Å². The van der Waals surface area contributed by atoms with Crippen molar-refractivity contribution in [3.63, 3.8) is 0 Å². The number of aliphatic hydroxyl groups is 1. The van der Waals surface area contributed by atoms with E-state index in [1.165, 1.54) is 0 Å². The summed E-state index contributed by atoms with van der Waals surface area (Å²) in [5.74, 6) is -1.30. The van der Waals surface area contributed by atoms with Gasteiger partial charge in [0.05, 0.1) is 6.10 Å². The van der Waals surface area contributed by atoms with Crippen molar-refractivity contribution in [1.29, 1.82) is 0 Å². The van der Waals surface area contributed by atoms with Gasteiger partial charge in [-0.3, -0.25) is 4.79 Å². The lowest BCUT2D eigenvalue weighted by atomic mass is 9.43. The second-order valence-electron chi connectivity index (χ2n) is 15.7. The quantitative estimate of drug-likeness (QED) is 0.222. The number of carbonyl (C=O) groups excluding carboxylic acids is 3. The molecule has 0 aliphatic heterocycles. The highest BCUT2D eigenvalue weighted by atomic mass is 28.4. The lowest BCUT2D eigenvalue weighted by Crippen LogP contribution is -2.67. The monoisotopic (exact) mass is 632 g/mol. The molecule has 3 aliphatic carbocycles. The molecule has 0 spiro atoms. The normalized spacial score (nSPS) is 35.2. The van der Waals surface area contributed by atoms with Crippen LogP contribution in [-0.4, -0.2) is 50.3 Å². The lowest BCUT2D eigenvalue weighted by Gasteiger charge is -2.61. The molecule has 3 saturated carbocycles. The molecular formula is C38H52O6Si. The molecular weight excluding hydrogens is 580 g/mol. The first-order valence-corrected chi connectivity index (χ1v) is 18.7. The first kappa shape index (κ1) is 33.7. The first-order valence-electron chi connectivity index (χ1n) is 16.8. The van der Waals surface area contributed by atoms with E-state index in [1.807, 2.05) is 50.2 Å². The van der Waals surface area contributed by atoms with E-state index in [-0.39, 0.29) is 23.3 Å². The number of esters is 1. The Morgan fingerprint density at radius 1 is 1.02 bits per heavy atom. The Balaban J connectivity index is 1.54. The van der Waals surface area contributed by atoms with Crippen molar-refractivity contribution in [2.75, 3.05) is 6.61 Å². The molecule has 6 nitrogen and oxygen atoms in total. The third-order valence-electron chi connectivity index (χ3n) is 12.6. The highest BCUT2D eigenvalue weighted by molar-refractivity contribution is 6.99. The van der Waals surface area contributed by atoms with Crippen LogP contribution in [0.3, 0.4) is 0 Å². The molecule has 1 N–H and O–H groups in total. The molecule has 2 bridgehead atoms. The van der Waals surface area contributed by atoms with Crippen LogP contribution in [0.4, 0.5) is 0 Å². The van der Waals surface area contributed by atoms with Crippen LogP contribution in [0.5, 0.6) is 0 Å². The average molecular weight is 633 g/mol. The molecule has 5 rings (SSSR count). The van der Waals surface area contributed by atoms with Gasteiger partial charge in [-0.2, -0.15) is 0 Å². The number of hydrogen-bond donors (Lipinski definition) is 1. The predicted octanol–water partition coefficient (Wildman–Crippen LogP) is 5.87. The van der Waals surface area contributed by atoms with Crippen molar-refractivity contribution in [1.82, 2.24) is 0 Å². The van der Waals surface area contributed by atoms with Crippen LogP contribution in [0.1, 0.15) is 87.0 Å². The molecule has 2 aromatic rings. The van der Waals surface area contributed by atoms with Crippen molar-refractivity contribution in [2.45, 2.75) is 104 Å². The largest absolute Gasteiger partial charge is 0.460 e. The average Bonchev–Trinajstić information content (AvgIpc) is 3.36. The third-order valence-corrected chi connectivity index (χ3v) is 17.6. The maximum Gasteiger partial charge on any atom is 0.331 e. The zero-order valence-electron chi connectivity index (χ0n) is 28.2. The summed E-state index contributed by atoms with van der Waals surface area (Å²) in [6, 6.07) is 20.4. The van der Waals surface area contributed by atoms with Crippen molar-refractivity contribution in [3.05, 3.63) is 60.7 Å². The van der Waals surface area contributed by atoms with Crippen molar-refractivity contribution in [2.24, 2.45) is 34.0 Å². The van der Waals surface area contributed by atoms with Crippen LogP contribution >= 0.6 is 0 Å². The summed E-state index contributed by atoms with van der Waals surface area (Å²) in [5.41, 5.74) is -1.96. The van der Waals surface area contributed by atoms with Gasteiger partial charge in [0.2, 0.25) is 0 Å². The summed E-state index contributed by atoms with van der Waals surface area (Å²) in [7, 11) is -2.98. The number of carbonyl (C=O) groups is 3. The summed E-state index contributed by atoms with van der Waals surface area (Å²) < 4.78 is 13.5. The second kappa shape index (κ2) is 12.2. The number of ether oxygens (including phenoxy) is 1. The van der Waals surface area contributed by atoms with Crippen LogP contribution in [-0.2, 0) is 23.5 Å². The van der Waals surface area contributed by atoms with Gasteiger partial charge in [-0.25, -0.2) is 4.79 Å². The molecule has 0 saturated heterocycles. The van der Waals surface area contributed by atoms with Gasteiger partial charge in [0.1, 0.15) is 24.8 Å². The van der Waals surface area contributed by atoms with Gasteiger partial charge in [-0.05, 0) is 64.3 Å². The lowest BCUT2D eigenvalue weighted by molar-refractivity contribution is -0.212. The van der Waals surface area contributed by atoms with E-state index in [1.54, 1.807) is 0 Å². The zero-order chi connectivity index (χ0) is 32.8. The first-order chi connectivity index (χ1) is 21.2. The van der Waals surface area contributed by atoms with E-state index in [0.717, 1.165) is 29.5 Å². The molecule has 3 fully saturated rings. The van der Waals surface area contributed by atoms with Gasteiger partial charge in [-0.1, -0.05) is 109 Å². The third kappa shape index (κ3) is 5.27. The number of Topliss-reactive ketones (excluding diaryl/α,β-unsaturated/α-hetero) is 1. The summed E-state index contributed by atoms with van der Waals surface area (Å²) >= 11 is 0. The SMILES string of the molecule is CC[C@@]1(C)C[C@@H](OC(=O)CO[Si](c2ccccc2)(c2ccccc2)C(C)(C)C)[C@@]2(C)C3C(=O)CC[C@@]3(CC[C@H]2C)[C@@H](C=O)[C@@H]1O. The highest BCUT2D eigenvalue weighted by Crippen LogP contribution is 2.67. The smallest absolute Gasteiger partial charge is 0.331 e. The Kier molecular flexibility index (Phi) is 9.15. The molecule has 0 heterocycles. The minimum atomic E-state index is -2.98. The van der Waals surface area contributed by atoms with E-state index in [9.17, 15) is 19.5 Å². The summed E-state index contributed by atoms with van der Waals surface area (Å²) in [6.45, 7) is 14.6. The van der Waals surface area contributed by atoms with Crippen LogP contribution in [0.2, 0.25) is 5.04 Å². The summed E-state index contributed by atoms with van der Waals surface area (Å²) in [6.07, 6.45) is 2.89. The summed E-state index contributed by atoms with van der Waals surface area (Å²) in [4.78, 5) is 40.6. The maximum absolute atomic E-state index is 14.1. The van der Waals surface area contributed by atoms with E-state index >= 15 is 0 Å². The maximum atomic E-state index is 14.1. The summed E-state index contributed by atoms with van der Waals surface area (Å²) in [5, 5.41) is 13.7. The second-order valence-corrected chi connectivity index (χ2v) is 20.0. The van der Waals surface area contributed by atoms with E-state index < -0.39 is 54.6 Å². The molecule has 0 radical (unpaired) electrons. The minimum absolute atomic E-state index is 0.0942. The minimum Gasteiger partial charge on any atom is -0.460 e. The number of hydrogen-bond acceptors (Lipinski definition) is 6. The van der Waals surface area contributed by atoms with Gasteiger partial charge < -0.3 is 19.1 Å². The zero-order valence-corrected chi connectivity index (χ0v) is 29.2. The molecule has 1 unspecified atom stereocenters. The Morgan fingerprint density at radius 2 is 1.60 bits per heavy atom. The standard InChI is InChI=1S/C38H52O6Si/c1-8-36(6)23-31(37(7)26(2)19-21-38(29(24-39)34(36)42)22-20-30(40)33(37)38)44-32(41)25-43-45(35(3,4)5,27-15-11-9-12-16-27)28-17-13-10-14-18-28/h9-18,24,26,29,31,33-34,42H,8,19-23,25H2,1-7H3/t26-,29+,31-,33?,34+,36+,37+,38+/m1/s1. The van der Waals surface area contributed by atoms with Crippen molar-refractivity contribution >= 4 is 36.7 Å². The highest BCUT2D eigenvalue weighted by Gasteiger charge is 2.69. The number of aliphatic hydroxyl groups excluding tert-OH is 1. The fourth-order valence-corrected chi connectivity index (χ4v) is 14.2. The van der Waals surface area contributed by atoms with Crippen LogP contribution in [0.25, 0.3) is 0 Å². The van der Waals surface area contributed by atoms with Crippen LogP contribution < -0.4 is 10.4 Å². The Labute approximate surface area is 270 Å². The molecule has 2 aromatic carbocycles. The van der Waals surface area contributed by atoms with Gasteiger partial charge in [-0.15, -0.1) is 0 Å². The number of benzene rings is 2. The molecule has 7 heteroatoms.